The van der Waals surface area contributed by atoms with Crippen LogP contribution in [0.1, 0.15) is 16.2 Å². The van der Waals surface area contributed by atoms with Crippen LogP contribution in [0.3, 0.4) is 0 Å². The maximum Gasteiger partial charge on any atom is 0.210 e. The van der Waals surface area contributed by atoms with E-state index in [1.807, 2.05) is 48.7 Å². The monoisotopic (exact) mass is 359 g/mol. The second-order valence-electron chi connectivity index (χ2n) is 5.32. The molecule has 25 heavy (non-hydrogen) atoms. The van der Waals surface area contributed by atoms with Crippen molar-refractivity contribution < 1.29 is 19.1 Å². The molecule has 0 aliphatic rings. The summed E-state index contributed by atoms with van der Waals surface area (Å²) in [5.74, 6) is 1.76. The molecule has 0 radical (unpaired) electrons. The summed E-state index contributed by atoms with van der Waals surface area (Å²) in [5, 5.41) is 11.2. The fraction of sp³-hybridized carbons (Fsp3) is 0.211. The van der Waals surface area contributed by atoms with Crippen molar-refractivity contribution >= 4 is 17.7 Å². The summed E-state index contributed by atoms with van der Waals surface area (Å²) in [6.45, 7) is 3.00. The molecule has 0 unspecified atom stereocenters. The first kappa shape index (κ1) is 18.6. The van der Waals surface area contributed by atoms with E-state index in [0.29, 0.717) is 18.8 Å². The summed E-state index contributed by atoms with van der Waals surface area (Å²) in [5.41, 5.74) is 0.862. The van der Waals surface area contributed by atoms with Crippen molar-refractivity contribution in [1.29, 1.82) is 0 Å². The zero-order chi connectivity index (χ0) is 18.1. The molecule has 0 aliphatic carbocycles. The van der Waals surface area contributed by atoms with E-state index in [9.17, 15) is 4.79 Å². The van der Waals surface area contributed by atoms with Crippen molar-refractivity contribution in [2.45, 2.75) is 20.0 Å². The Morgan fingerprint density at radius 3 is 2.64 bits per heavy atom. The fourth-order valence-corrected chi connectivity index (χ4v) is 2.78. The number of thiophene rings is 1. The molecule has 3 aromatic rings. The van der Waals surface area contributed by atoms with Gasteiger partial charge in [-0.15, -0.1) is 11.3 Å². The Balaban J connectivity index is 0.000000196. The van der Waals surface area contributed by atoms with Crippen LogP contribution in [0.4, 0.5) is 0 Å². The van der Waals surface area contributed by atoms with Crippen LogP contribution in [-0.4, -0.2) is 23.5 Å². The third kappa shape index (κ3) is 6.00. The third-order valence-electron chi connectivity index (χ3n) is 3.44. The highest BCUT2D eigenvalue weighted by molar-refractivity contribution is 7.09. The normalized spacial score (nSPS) is 9.84. The molecule has 1 aromatic carbocycles. The van der Waals surface area contributed by atoms with Gasteiger partial charge in [-0.3, -0.25) is 4.79 Å². The van der Waals surface area contributed by atoms with Gasteiger partial charge < -0.3 is 19.2 Å². The quantitative estimate of drug-likeness (QED) is 0.670. The second-order valence-corrected chi connectivity index (χ2v) is 6.35. The minimum absolute atomic E-state index is 0.277. The minimum Gasteiger partial charge on any atom is -0.508 e. The third-order valence-corrected chi connectivity index (χ3v) is 4.30. The number of nitrogens with zero attached hydrogens (tertiary/aromatic N) is 1. The van der Waals surface area contributed by atoms with E-state index in [2.05, 4.69) is 0 Å². The molecule has 0 fully saturated rings. The number of ether oxygens (including phenoxy) is 1. The molecule has 2 heterocycles. The van der Waals surface area contributed by atoms with Crippen molar-refractivity contribution in [3.8, 4) is 11.5 Å². The standard InChI is InChI=1S/C11H11NO2S.C8H10O2/c13-9-12(7-10-3-1-5-14-10)8-11-4-2-6-15-11;1-6-3-4-7(10-2)5-8(6)9/h1-6,9H,7-8H2;3-5,9H,1-2H3. The smallest absolute Gasteiger partial charge is 0.210 e. The van der Waals surface area contributed by atoms with Crippen molar-refractivity contribution in [2.24, 2.45) is 0 Å². The van der Waals surface area contributed by atoms with E-state index in [1.54, 1.807) is 35.7 Å². The minimum atomic E-state index is 0.277. The number of hydrogen-bond donors (Lipinski definition) is 1. The van der Waals surface area contributed by atoms with Gasteiger partial charge in [0.25, 0.3) is 0 Å². The van der Waals surface area contributed by atoms with E-state index in [1.165, 1.54) is 4.88 Å². The highest BCUT2D eigenvalue weighted by atomic mass is 32.1. The number of methoxy groups -OCH3 is 1. The number of phenolic OH excluding ortho intramolecular Hbond substituents is 1. The van der Waals surface area contributed by atoms with Gasteiger partial charge in [-0.25, -0.2) is 0 Å². The summed E-state index contributed by atoms with van der Waals surface area (Å²) < 4.78 is 10.1. The highest BCUT2D eigenvalue weighted by Gasteiger charge is 2.06. The first-order chi connectivity index (χ1) is 12.1. The van der Waals surface area contributed by atoms with E-state index < -0.39 is 0 Å². The number of furan rings is 1. The van der Waals surface area contributed by atoms with Gasteiger partial charge in [0.2, 0.25) is 6.41 Å². The number of phenols is 1. The van der Waals surface area contributed by atoms with E-state index >= 15 is 0 Å². The molecular formula is C19H21NO4S. The number of rotatable bonds is 6. The number of hydrogen-bond acceptors (Lipinski definition) is 5. The predicted octanol–water partition coefficient (Wildman–Crippen LogP) is 4.21. The second kappa shape index (κ2) is 9.54. The number of benzene rings is 1. The van der Waals surface area contributed by atoms with Gasteiger partial charge in [-0.05, 0) is 42.1 Å². The number of carbonyl (C=O) groups is 1. The van der Waals surface area contributed by atoms with Gasteiger partial charge in [0.1, 0.15) is 17.3 Å². The van der Waals surface area contributed by atoms with E-state index in [4.69, 9.17) is 14.3 Å². The summed E-state index contributed by atoms with van der Waals surface area (Å²) in [7, 11) is 1.57. The van der Waals surface area contributed by atoms with Gasteiger partial charge in [-0.2, -0.15) is 0 Å². The Hall–Kier alpha value is -2.73. The molecule has 0 spiro atoms. The van der Waals surface area contributed by atoms with Crippen LogP contribution < -0.4 is 4.74 Å². The summed E-state index contributed by atoms with van der Waals surface area (Å²) >= 11 is 1.65. The molecule has 0 bridgehead atoms. The molecule has 6 heteroatoms. The van der Waals surface area contributed by atoms with Gasteiger partial charge in [-0.1, -0.05) is 12.1 Å². The van der Waals surface area contributed by atoms with E-state index in [0.717, 1.165) is 17.7 Å². The molecule has 1 N–H and O–H groups in total. The van der Waals surface area contributed by atoms with Gasteiger partial charge in [0.05, 0.1) is 26.5 Å². The Bertz CT molecular complexity index is 718. The van der Waals surface area contributed by atoms with Crippen molar-refractivity contribution in [3.63, 3.8) is 0 Å². The average molecular weight is 359 g/mol. The highest BCUT2D eigenvalue weighted by Crippen LogP contribution is 2.21. The topological polar surface area (TPSA) is 62.9 Å². The maximum atomic E-state index is 10.8. The zero-order valence-electron chi connectivity index (χ0n) is 14.2. The Morgan fingerprint density at radius 2 is 2.08 bits per heavy atom. The van der Waals surface area contributed by atoms with Gasteiger partial charge in [0.15, 0.2) is 0 Å². The fourth-order valence-electron chi connectivity index (χ4n) is 2.05. The SMILES string of the molecule is COc1ccc(C)c(O)c1.O=CN(Cc1ccco1)Cc1cccs1. The van der Waals surface area contributed by atoms with Gasteiger partial charge in [0, 0.05) is 10.9 Å². The lowest BCUT2D eigenvalue weighted by molar-refractivity contribution is -0.119. The first-order valence-electron chi connectivity index (χ1n) is 7.70. The summed E-state index contributed by atoms with van der Waals surface area (Å²) in [4.78, 5) is 13.7. The molecule has 132 valence electrons. The van der Waals surface area contributed by atoms with Crippen LogP contribution in [0, 0.1) is 6.92 Å². The van der Waals surface area contributed by atoms with Crippen LogP contribution in [0.2, 0.25) is 0 Å². The molecule has 0 aliphatic heterocycles. The molecule has 1 amide bonds. The van der Waals surface area contributed by atoms with Crippen molar-refractivity contribution in [1.82, 2.24) is 4.90 Å². The zero-order valence-corrected chi connectivity index (χ0v) is 15.0. The lowest BCUT2D eigenvalue weighted by atomic mass is 10.2. The van der Waals surface area contributed by atoms with Crippen LogP contribution >= 0.6 is 11.3 Å². The lowest BCUT2D eigenvalue weighted by Gasteiger charge is -2.14. The molecule has 0 saturated carbocycles. The Labute approximate surface area is 151 Å². The van der Waals surface area contributed by atoms with E-state index in [-0.39, 0.29) is 5.75 Å². The molecule has 2 aromatic heterocycles. The first-order valence-corrected chi connectivity index (χ1v) is 8.58. The molecule has 3 rings (SSSR count). The number of carbonyl (C=O) groups excluding carboxylic acids is 1. The van der Waals surface area contributed by atoms with Crippen LogP contribution in [0.5, 0.6) is 11.5 Å². The lowest BCUT2D eigenvalue weighted by Crippen LogP contribution is -2.19. The number of aryl methyl sites for hydroxylation is 1. The molecular weight excluding hydrogens is 338 g/mol. The predicted molar refractivity (Wildman–Crippen MR) is 97.7 cm³/mol. The summed E-state index contributed by atoms with van der Waals surface area (Å²) in [6, 6.07) is 12.9. The Morgan fingerprint density at radius 1 is 1.24 bits per heavy atom. The largest absolute Gasteiger partial charge is 0.508 e. The van der Waals surface area contributed by atoms with Crippen molar-refractivity contribution in [3.05, 3.63) is 70.3 Å². The molecule has 0 atom stereocenters. The number of amides is 1. The Kier molecular flexibility index (Phi) is 7.10. The molecule has 5 nitrogen and oxygen atoms in total. The average Bonchev–Trinajstić information content (AvgIpc) is 3.31. The van der Waals surface area contributed by atoms with Crippen LogP contribution in [0.15, 0.2) is 58.5 Å². The maximum absolute atomic E-state index is 10.8. The van der Waals surface area contributed by atoms with Crippen LogP contribution in [0.25, 0.3) is 0 Å². The summed E-state index contributed by atoms with van der Waals surface area (Å²) in [6.07, 6.45) is 2.46. The number of aromatic hydroxyl groups is 1. The molecule has 0 saturated heterocycles. The van der Waals surface area contributed by atoms with Gasteiger partial charge >= 0.3 is 0 Å². The van der Waals surface area contributed by atoms with Crippen molar-refractivity contribution in [2.75, 3.05) is 7.11 Å². The van der Waals surface area contributed by atoms with Crippen LogP contribution in [-0.2, 0) is 17.9 Å².